The molecule has 0 amide bonds. The number of fused-ring (bicyclic) bond motifs is 5. The van der Waals surface area contributed by atoms with E-state index in [0.717, 1.165) is 33.8 Å². The lowest BCUT2D eigenvalue weighted by molar-refractivity contribution is 0.708. The minimum Gasteiger partial charge on any atom is -0.355 e. The summed E-state index contributed by atoms with van der Waals surface area (Å²) in [5.41, 5.74) is 8.29. The molecule has 1 aliphatic heterocycles. The van der Waals surface area contributed by atoms with Gasteiger partial charge in [0.25, 0.3) is 0 Å². The topological polar surface area (TPSA) is 39.1 Å². The molecule has 0 saturated heterocycles. The van der Waals surface area contributed by atoms with Crippen LogP contribution in [0, 0.1) is 5.41 Å². The van der Waals surface area contributed by atoms with Crippen molar-refractivity contribution in [3.05, 3.63) is 163 Å². The van der Waals surface area contributed by atoms with Crippen LogP contribution in [0.1, 0.15) is 22.6 Å². The maximum absolute atomic E-state index is 9.49. The molecule has 2 unspecified atom stereocenters. The van der Waals surface area contributed by atoms with Crippen LogP contribution in [0.15, 0.2) is 146 Å². The Morgan fingerprint density at radius 2 is 1.32 bits per heavy atom. The van der Waals surface area contributed by atoms with Crippen molar-refractivity contribution in [1.29, 1.82) is 5.41 Å². The van der Waals surface area contributed by atoms with Gasteiger partial charge in [-0.15, -0.1) is 0 Å². The van der Waals surface area contributed by atoms with Crippen LogP contribution in [0.3, 0.4) is 0 Å². The number of rotatable bonds is 5. The molecule has 6 rings (SSSR count). The standard InChI is InChI=1S/C35H29N3/c1-25(26-14-4-2-5-15-26)37-32(27-16-6-3-7-17-27)24-35(36)38-33-22-12-10-20-30(33)28-18-8-9-19-29(28)31-21-11-13-23-34(31)38/h2-24,30,33,36-37H,1H2. The van der Waals surface area contributed by atoms with E-state index in [2.05, 4.69) is 102 Å². The Morgan fingerprint density at radius 1 is 0.711 bits per heavy atom. The number of benzene rings is 4. The van der Waals surface area contributed by atoms with Crippen molar-refractivity contribution in [3.63, 3.8) is 0 Å². The zero-order valence-corrected chi connectivity index (χ0v) is 21.1. The highest BCUT2D eigenvalue weighted by atomic mass is 15.2. The molecule has 0 saturated carbocycles. The van der Waals surface area contributed by atoms with E-state index in [-0.39, 0.29) is 12.0 Å². The molecule has 2 atom stereocenters. The summed E-state index contributed by atoms with van der Waals surface area (Å²) in [6, 6.07) is 37.3. The lowest BCUT2D eigenvalue weighted by atomic mass is 9.85. The number of allylic oxidation sites excluding steroid dienone is 2. The molecule has 4 aromatic rings. The van der Waals surface area contributed by atoms with Crippen LogP contribution in [-0.4, -0.2) is 11.9 Å². The first-order chi connectivity index (χ1) is 18.7. The lowest BCUT2D eigenvalue weighted by Crippen LogP contribution is -2.41. The van der Waals surface area contributed by atoms with Gasteiger partial charge < -0.3 is 10.2 Å². The minimum absolute atomic E-state index is 0.0251. The van der Waals surface area contributed by atoms with Gasteiger partial charge in [0.15, 0.2) is 0 Å². The van der Waals surface area contributed by atoms with Crippen molar-refractivity contribution < 1.29 is 0 Å². The molecular weight excluding hydrogens is 462 g/mol. The van der Waals surface area contributed by atoms with E-state index in [1.165, 1.54) is 11.1 Å². The molecule has 0 aromatic heterocycles. The highest BCUT2D eigenvalue weighted by Crippen LogP contribution is 2.45. The average molecular weight is 492 g/mol. The van der Waals surface area contributed by atoms with Crippen LogP contribution in [0.2, 0.25) is 0 Å². The van der Waals surface area contributed by atoms with Gasteiger partial charge in [-0.1, -0.05) is 134 Å². The number of anilines is 1. The van der Waals surface area contributed by atoms with Crippen molar-refractivity contribution in [2.24, 2.45) is 0 Å². The quantitative estimate of drug-likeness (QED) is 0.219. The number of para-hydroxylation sites is 1. The predicted molar refractivity (Wildman–Crippen MR) is 160 cm³/mol. The summed E-state index contributed by atoms with van der Waals surface area (Å²) in [6.07, 6.45) is 10.6. The van der Waals surface area contributed by atoms with Gasteiger partial charge in [-0.3, -0.25) is 5.41 Å². The summed E-state index contributed by atoms with van der Waals surface area (Å²) in [5, 5.41) is 13.0. The molecule has 2 aliphatic rings. The maximum atomic E-state index is 9.49. The largest absolute Gasteiger partial charge is 0.355 e. The number of nitrogens with zero attached hydrogens (tertiary/aromatic N) is 1. The summed E-state index contributed by atoms with van der Waals surface area (Å²) in [6.45, 7) is 4.30. The number of amidine groups is 1. The van der Waals surface area contributed by atoms with Gasteiger partial charge >= 0.3 is 0 Å². The molecule has 4 aromatic carbocycles. The molecule has 3 heteroatoms. The summed E-state index contributed by atoms with van der Waals surface area (Å²) in [7, 11) is 0. The van der Waals surface area contributed by atoms with Gasteiger partial charge in [-0.25, -0.2) is 0 Å². The summed E-state index contributed by atoms with van der Waals surface area (Å²) in [5.74, 6) is 0.539. The van der Waals surface area contributed by atoms with Crippen LogP contribution in [-0.2, 0) is 0 Å². The molecule has 0 spiro atoms. The Hall–Kier alpha value is -4.89. The first-order valence-corrected chi connectivity index (χ1v) is 12.9. The molecule has 0 radical (unpaired) electrons. The Labute approximate surface area is 224 Å². The fourth-order valence-corrected chi connectivity index (χ4v) is 5.41. The Balaban J connectivity index is 1.46. The van der Waals surface area contributed by atoms with Gasteiger partial charge in [0.1, 0.15) is 5.84 Å². The van der Waals surface area contributed by atoms with Gasteiger partial charge in [0.05, 0.1) is 11.7 Å². The van der Waals surface area contributed by atoms with Crippen LogP contribution in [0.4, 0.5) is 5.69 Å². The van der Waals surface area contributed by atoms with Crippen LogP contribution >= 0.6 is 0 Å². The minimum atomic E-state index is -0.0251. The fourth-order valence-electron chi connectivity index (χ4n) is 5.41. The SMILES string of the molecule is C=C(NC(=CC(=N)N1c2ccccc2-c2ccccc2C2C=CC=CC21)c1ccccc1)c1ccccc1. The highest BCUT2D eigenvalue weighted by Gasteiger charge is 2.35. The predicted octanol–water partition coefficient (Wildman–Crippen LogP) is 8.03. The maximum Gasteiger partial charge on any atom is 0.127 e. The van der Waals surface area contributed by atoms with E-state index >= 15 is 0 Å². The second-order valence-electron chi connectivity index (χ2n) is 9.54. The summed E-state index contributed by atoms with van der Waals surface area (Å²) in [4.78, 5) is 2.16. The zero-order valence-electron chi connectivity index (χ0n) is 21.1. The van der Waals surface area contributed by atoms with Crippen LogP contribution in [0.25, 0.3) is 22.5 Å². The molecule has 38 heavy (non-hydrogen) atoms. The second-order valence-corrected chi connectivity index (χ2v) is 9.54. The summed E-state index contributed by atoms with van der Waals surface area (Å²) >= 11 is 0. The van der Waals surface area contributed by atoms with Gasteiger partial charge in [-0.2, -0.15) is 0 Å². The smallest absolute Gasteiger partial charge is 0.127 e. The van der Waals surface area contributed by atoms with E-state index < -0.39 is 0 Å². The average Bonchev–Trinajstić information content (AvgIpc) is 3.10. The van der Waals surface area contributed by atoms with Crippen LogP contribution in [0.5, 0.6) is 0 Å². The van der Waals surface area contributed by atoms with Gasteiger partial charge in [0.2, 0.25) is 0 Å². The van der Waals surface area contributed by atoms with E-state index in [1.54, 1.807) is 0 Å². The fraction of sp³-hybridized carbons (Fsp3) is 0.0571. The van der Waals surface area contributed by atoms with Crippen LogP contribution < -0.4 is 10.2 Å². The monoisotopic (exact) mass is 491 g/mol. The Kier molecular flexibility index (Phi) is 6.33. The second kappa shape index (κ2) is 10.2. The first-order valence-electron chi connectivity index (χ1n) is 12.9. The van der Waals surface area contributed by atoms with E-state index in [0.29, 0.717) is 5.84 Å². The van der Waals surface area contributed by atoms with Gasteiger partial charge in [-0.05, 0) is 28.3 Å². The third-order valence-electron chi connectivity index (χ3n) is 7.21. The molecule has 0 bridgehead atoms. The highest BCUT2D eigenvalue weighted by molar-refractivity contribution is 6.11. The number of hydrogen-bond acceptors (Lipinski definition) is 2. The summed E-state index contributed by atoms with van der Waals surface area (Å²) < 4.78 is 0. The van der Waals surface area contributed by atoms with Crippen molar-refractivity contribution in [2.75, 3.05) is 4.90 Å². The number of nitrogens with one attached hydrogen (secondary N) is 2. The Morgan fingerprint density at radius 3 is 2.08 bits per heavy atom. The van der Waals surface area contributed by atoms with Crippen molar-refractivity contribution in [3.8, 4) is 11.1 Å². The molecular formula is C35H29N3. The van der Waals surface area contributed by atoms with Crippen molar-refractivity contribution in [1.82, 2.24) is 5.32 Å². The van der Waals surface area contributed by atoms with E-state index in [1.807, 2.05) is 54.6 Å². The third kappa shape index (κ3) is 4.39. The lowest BCUT2D eigenvalue weighted by Gasteiger charge is -2.35. The van der Waals surface area contributed by atoms with E-state index in [4.69, 9.17) is 0 Å². The normalized spacial score (nSPS) is 17.6. The van der Waals surface area contributed by atoms with E-state index in [9.17, 15) is 5.41 Å². The molecule has 3 nitrogen and oxygen atoms in total. The number of hydrogen-bond donors (Lipinski definition) is 2. The molecule has 1 aliphatic carbocycles. The van der Waals surface area contributed by atoms with Gasteiger partial charge in [0, 0.05) is 29.0 Å². The van der Waals surface area contributed by atoms with Crippen molar-refractivity contribution in [2.45, 2.75) is 12.0 Å². The molecule has 2 N–H and O–H groups in total. The zero-order chi connectivity index (χ0) is 25.9. The molecule has 0 fully saturated rings. The Bertz CT molecular complexity index is 1580. The molecule has 1 heterocycles. The van der Waals surface area contributed by atoms with Crippen molar-refractivity contribution >= 4 is 22.9 Å². The molecule has 184 valence electrons. The first kappa shape index (κ1) is 23.5. The third-order valence-corrected chi connectivity index (χ3v) is 7.21.